The standard InChI is InChI=1S/C27H34N6O3/c1-17-5-6-18(2)21(13-17)22-15-23-27-30-29-25(32(27)11-12-33(23)31-22)9-10-26(34)28-16-19-7-8-20(35-3)14-24(19)36-4/h5-8,11-14,22-23,27,30-31H,9-10,15-16H2,1-4H3,(H,28,34). The highest BCUT2D eigenvalue weighted by Crippen LogP contribution is 2.35. The van der Waals surface area contributed by atoms with Gasteiger partial charge in [0.2, 0.25) is 5.91 Å². The van der Waals surface area contributed by atoms with Gasteiger partial charge in [-0.1, -0.05) is 23.8 Å². The number of amides is 1. The van der Waals surface area contributed by atoms with E-state index in [1.807, 2.05) is 24.4 Å². The maximum atomic E-state index is 12.6. The first-order valence-electron chi connectivity index (χ1n) is 12.3. The van der Waals surface area contributed by atoms with Gasteiger partial charge in [0.05, 0.1) is 26.3 Å². The summed E-state index contributed by atoms with van der Waals surface area (Å²) < 4.78 is 10.7. The minimum atomic E-state index is -0.0286. The molecule has 5 rings (SSSR count). The van der Waals surface area contributed by atoms with Crippen molar-refractivity contribution in [2.24, 2.45) is 5.10 Å². The Morgan fingerprint density at radius 1 is 1.14 bits per heavy atom. The number of hydrazine groups is 1. The van der Waals surface area contributed by atoms with E-state index in [1.165, 1.54) is 16.7 Å². The molecule has 1 saturated heterocycles. The van der Waals surface area contributed by atoms with Crippen molar-refractivity contribution in [1.82, 2.24) is 26.1 Å². The third-order valence-corrected chi connectivity index (χ3v) is 7.17. The van der Waals surface area contributed by atoms with Crippen molar-refractivity contribution in [3.8, 4) is 11.5 Å². The number of fused-ring (bicyclic) bond motifs is 3. The molecule has 0 bridgehead atoms. The highest BCUT2D eigenvalue weighted by Gasteiger charge is 2.44. The summed E-state index contributed by atoms with van der Waals surface area (Å²) in [5.41, 5.74) is 11.8. The molecule has 9 nitrogen and oxygen atoms in total. The van der Waals surface area contributed by atoms with Gasteiger partial charge in [-0.15, -0.1) is 0 Å². The first-order chi connectivity index (χ1) is 17.5. The van der Waals surface area contributed by atoms with Crippen LogP contribution in [0.25, 0.3) is 0 Å². The average Bonchev–Trinajstić information content (AvgIpc) is 3.51. The smallest absolute Gasteiger partial charge is 0.220 e. The maximum absolute atomic E-state index is 12.6. The highest BCUT2D eigenvalue weighted by atomic mass is 16.5. The number of benzene rings is 2. The van der Waals surface area contributed by atoms with Crippen molar-refractivity contribution >= 4 is 11.7 Å². The Morgan fingerprint density at radius 2 is 2.00 bits per heavy atom. The Hall–Kier alpha value is -3.72. The summed E-state index contributed by atoms with van der Waals surface area (Å²) in [7, 11) is 3.22. The third kappa shape index (κ3) is 4.70. The number of ether oxygens (including phenoxy) is 2. The summed E-state index contributed by atoms with van der Waals surface area (Å²) in [6, 6.07) is 12.7. The molecule has 190 valence electrons. The van der Waals surface area contributed by atoms with Crippen molar-refractivity contribution in [2.45, 2.75) is 57.9 Å². The fourth-order valence-corrected chi connectivity index (χ4v) is 5.16. The maximum Gasteiger partial charge on any atom is 0.220 e. The Bertz CT molecular complexity index is 1200. The van der Waals surface area contributed by atoms with Crippen molar-refractivity contribution in [1.29, 1.82) is 0 Å². The molecule has 0 spiro atoms. The number of nitrogens with zero attached hydrogens (tertiary/aromatic N) is 3. The lowest BCUT2D eigenvalue weighted by atomic mass is 9.95. The van der Waals surface area contributed by atoms with E-state index in [2.05, 4.69) is 69.4 Å². The molecule has 36 heavy (non-hydrogen) atoms. The molecule has 2 aromatic carbocycles. The van der Waals surface area contributed by atoms with Crippen LogP contribution in [0.5, 0.6) is 11.5 Å². The van der Waals surface area contributed by atoms with Gasteiger partial charge in [0.25, 0.3) is 0 Å². The van der Waals surface area contributed by atoms with Gasteiger partial charge in [0, 0.05) is 43.4 Å². The lowest BCUT2D eigenvalue weighted by Crippen LogP contribution is -2.54. The molecule has 0 radical (unpaired) electrons. The summed E-state index contributed by atoms with van der Waals surface area (Å²) in [4.78, 5) is 14.8. The number of hydrogen-bond donors (Lipinski definition) is 3. The monoisotopic (exact) mass is 490 g/mol. The van der Waals surface area contributed by atoms with Gasteiger partial charge in [0.1, 0.15) is 23.5 Å². The first-order valence-corrected chi connectivity index (χ1v) is 12.3. The molecular formula is C27H34N6O3. The van der Waals surface area contributed by atoms with Crippen molar-refractivity contribution in [3.63, 3.8) is 0 Å². The van der Waals surface area contributed by atoms with Gasteiger partial charge in [-0.25, -0.2) is 5.43 Å². The van der Waals surface area contributed by atoms with Crippen molar-refractivity contribution < 1.29 is 14.3 Å². The van der Waals surface area contributed by atoms with E-state index in [0.717, 1.165) is 17.8 Å². The quantitative estimate of drug-likeness (QED) is 0.524. The van der Waals surface area contributed by atoms with Crippen LogP contribution in [-0.4, -0.2) is 48.1 Å². The second-order valence-electron chi connectivity index (χ2n) is 9.51. The summed E-state index contributed by atoms with van der Waals surface area (Å²) in [6.45, 7) is 4.70. The Kier molecular flexibility index (Phi) is 6.73. The molecule has 3 aliphatic heterocycles. The van der Waals surface area contributed by atoms with Crippen molar-refractivity contribution in [2.75, 3.05) is 14.2 Å². The van der Waals surface area contributed by atoms with Crippen LogP contribution >= 0.6 is 0 Å². The molecule has 3 aliphatic rings. The van der Waals surface area contributed by atoms with Gasteiger partial charge in [-0.2, -0.15) is 5.10 Å². The topological polar surface area (TPSA) is 90.5 Å². The lowest BCUT2D eigenvalue weighted by molar-refractivity contribution is -0.121. The SMILES string of the molecule is COc1ccc(CNC(=O)CCC2=NNC3C4CC(c5cc(C)ccc5C)NN4C=CN23)c(OC)c1. The van der Waals surface area contributed by atoms with Crippen LogP contribution in [0.3, 0.4) is 0 Å². The molecule has 0 aliphatic carbocycles. The first kappa shape index (κ1) is 24.0. The Balaban J connectivity index is 1.15. The van der Waals surface area contributed by atoms with E-state index in [9.17, 15) is 4.79 Å². The van der Waals surface area contributed by atoms with E-state index >= 15 is 0 Å². The van der Waals surface area contributed by atoms with Crippen LogP contribution in [0.15, 0.2) is 53.9 Å². The number of hydrogen-bond acceptors (Lipinski definition) is 8. The van der Waals surface area contributed by atoms with Gasteiger partial charge in [0.15, 0.2) is 0 Å². The van der Waals surface area contributed by atoms with E-state index < -0.39 is 0 Å². The molecule has 3 heterocycles. The third-order valence-electron chi connectivity index (χ3n) is 7.17. The molecule has 0 saturated carbocycles. The predicted molar refractivity (Wildman–Crippen MR) is 138 cm³/mol. The molecule has 3 unspecified atom stereocenters. The molecule has 1 fully saturated rings. The van der Waals surface area contributed by atoms with Crippen LogP contribution in [0.2, 0.25) is 0 Å². The number of hydrazone groups is 1. The predicted octanol–water partition coefficient (Wildman–Crippen LogP) is 3.07. The van der Waals surface area contributed by atoms with Crippen LogP contribution in [0.4, 0.5) is 0 Å². The van der Waals surface area contributed by atoms with Gasteiger partial charge < -0.3 is 24.7 Å². The molecule has 3 N–H and O–H groups in total. The normalized spacial score (nSPS) is 22.0. The minimum absolute atomic E-state index is 0.0286. The Morgan fingerprint density at radius 3 is 2.81 bits per heavy atom. The van der Waals surface area contributed by atoms with Gasteiger partial charge in [-0.05, 0) is 43.5 Å². The van der Waals surface area contributed by atoms with Crippen LogP contribution in [0.1, 0.15) is 47.6 Å². The van der Waals surface area contributed by atoms with E-state index in [-0.39, 0.29) is 24.2 Å². The van der Waals surface area contributed by atoms with Crippen LogP contribution in [0, 0.1) is 13.8 Å². The molecule has 3 atom stereocenters. The zero-order valence-electron chi connectivity index (χ0n) is 21.2. The fraction of sp³-hybridized carbons (Fsp3) is 0.407. The number of aryl methyl sites for hydroxylation is 2. The number of rotatable bonds is 8. The summed E-state index contributed by atoms with van der Waals surface area (Å²) >= 11 is 0. The zero-order valence-corrected chi connectivity index (χ0v) is 21.2. The minimum Gasteiger partial charge on any atom is -0.497 e. The largest absolute Gasteiger partial charge is 0.497 e. The number of carbonyl (C=O) groups is 1. The van der Waals surface area contributed by atoms with Gasteiger partial charge in [-0.3, -0.25) is 10.2 Å². The van der Waals surface area contributed by atoms with Crippen LogP contribution < -0.4 is 25.6 Å². The van der Waals surface area contributed by atoms with Crippen molar-refractivity contribution in [3.05, 3.63) is 71.1 Å². The van der Waals surface area contributed by atoms with E-state index in [4.69, 9.17) is 9.47 Å². The number of amidine groups is 1. The Labute approximate surface area is 212 Å². The molecule has 0 aromatic heterocycles. The average molecular weight is 491 g/mol. The molecule has 9 heteroatoms. The molecule has 1 amide bonds. The zero-order chi connectivity index (χ0) is 25.2. The summed E-state index contributed by atoms with van der Waals surface area (Å²) in [5.74, 6) is 2.26. The number of methoxy groups -OCH3 is 2. The highest BCUT2D eigenvalue weighted by molar-refractivity contribution is 5.89. The second-order valence-corrected chi connectivity index (χ2v) is 9.51. The number of nitrogens with one attached hydrogen (secondary N) is 3. The lowest BCUT2D eigenvalue weighted by Gasteiger charge is -2.37. The van der Waals surface area contributed by atoms with Crippen LogP contribution in [-0.2, 0) is 11.3 Å². The number of carbonyl (C=O) groups excluding carboxylic acids is 1. The summed E-state index contributed by atoms with van der Waals surface area (Å²) in [6.07, 6.45) is 6.03. The molecular weight excluding hydrogens is 456 g/mol. The van der Waals surface area contributed by atoms with Gasteiger partial charge >= 0.3 is 0 Å². The summed E-state index contributed by atoms with van der Waals surface area (Å²) in [5, 5.41) is 9.76. The fourth-order valence-electron chi connectivity index (χ4n) is 5.16. The van der Waals surface area contributed by atoms with E-state index in [0.29, 0.717) is 30.9 Å². The molecule has 2 aromatic rings. The van der Waals surface area contributed by atoms with E-state index in [1.54, 1.807) is 14.2 Å². The second kappa shape index (κ2) is 10.1.